The monoisotopic (exact) mass is 229 g/mol. The SMILES string of the molecule is FN(c1ccccc1Cl)N1CCNCC1. The minimum absolute atomic E-state index is 0.404. The highest BCUT2D eigenvalue weighted by molar-refractivity contribution is 6.33. The second-order valence-corrected chi connectivity index (χ2v) is 3.82. The Morgan fingerprint density at radius 2 is 1.93 bits per heavy atom. The lowest BCUT2D eigenvalue weighted by Crippen LogP contribution is -2.49. The molecule has 0 bridgehead atoms. The molecular weight excluding hydrogens is 217 g/mol. The Morgan fingerprint density at radius 3 is 2.60 bits per heavy atom. The van der Waals surface area contributed by atoms with Gasteiger partial charge in [-0.3, -0.25) is 0 Å². The summed E-state index contributed by atoms with van der Waals surface area (Å²) in [5.41, 5.74) is 0.404. The Labute approximate surface area is 93.3 Å². The van der Waals surface area contributed by atoms with E-state index in [1.165, 1.54) is 0 Å². The average molecular weight is 230 g/mol. The molecule has 1 N–H and O–H groups in total. The molecule has 0 atom stereocenters. The van der Waals surface area contributed by atoms with E-state index < -0.39 is 0 Å². The predicted molar refractivity (Wildman–Crippen MR) is 59.5 cm³/mol. The van der Waals surface area contributed by atoms with Crippen LogP contribution in [0.2, 0.25) is 5.02 Å². The van der Waals surface area contributed by atoms with E-state index in [9.17, 15) is 4.48 Å². The molecule has 1 aromatic carbocycles. The Balaban J connectivity index is 2.12. The molecule has 1 aliphatic rings. The van der Waals surface area contributed by atoms with Crippen LogP contribution in [-0.4, -0.2) is 31.2 Å². The minimum Gasteiger partial charge on any atom is -0.314 e. The van der Waals surface area contributed by atoms with Crippen LogP contribution >= 0.6 is 11.6 Å². The first-order valence-corrected chi connectivity index (χ1v) is 5.33. The van der Waals surface area contributed by atoms with Gasteiger partial charge in [0.2, 0.25) is 0 Å². The number of nitrogens with zero attached hydrogens (tertiary/aromatic N) is 2. The van der Waals surface area contributed by atoms with Crippen LogP contribution in [0.25, 0.3) is 0 Å². The number of hydrazine groups is 1. The summed E-state index contributed by atoms with van der Waals surface area (Å²) in [6.45, 7) is 2.90. The van der Waals surface area contributed by atoms with Gasteiger partial charge in [-0.15, -0.1) is 5.23 Å². The fraction of sp³-hybridized carbons (Fsp3) is 0.400. The quantitative estimate of drug-likeness (QED) is 0.781. The van der Waals surface area contributed by atoms with Gasteiger partial charge in [-0.1, -0.05) is 28.2 Å². The average Bonchev–Trinajstić information content (AvgIpc) is 2.30. The molecule has 0 amide bonds. The highest BCUT2D eigenvalue weighted by Crippen LogP contribution is 2.26. The van der Waals surface area contributed by atoms with Crippen LogP contribution in [0.15, 0.2) is 24.3 Å². The summed E-state index contributed by atoms with van der Waals surface area (Å²) < 4.78 is 13.9. The summed E-state index contributed by atoms with van der Waals surface area (Å²) in [5.74, 6) is 0. The zero-order valence-electron chi connectivity index (χ0n) is 8.29. The van der Waals surface area contributed by atoms with Gasteiger partial charge in [0.1, 0.15) is 5.69 Å². The molecule has 5 heteroatoms. The first-order valence-electron chi connectivity index (χ1n) is 4.95. The largest absolute Gasteiger partial charge is 0.314 e. The lowest BCUT2D eigenvalue weighted by Gasteiger charge is -2.32. The smallest absolute Gasteiger partial charge is 0.106 e. The molecule has 15 heavy (non-hydrogen) atoms. The standard InChI is InChI=1S/C10H13ClFN3/c11-9-3-1-2-4-10(9)15(12)14-7-5-13-6-8-14/h1-4,13H,5-8H2. The molecule has 0 spiro atoms. The van der Waals surface area contributed by atoms with Gasteiger partial charge >= 0.3 is 0 Å². The predicted octanol–water partition coefficient (Wildman–Crippen LogP) is 1.85. The Hall–Kier alpha value is -0.840. The van der Waals surface area contributed by atoms with E-state index in [1.54, 1.807) is 29.3 Å². The molecule has 1 heterocycles. The first-order chi connectivity index (χ1) is 7.29. The van der Waals surface area contributed by atoms with E-state index in [0.29, 0.717) is 29.0 Å². The topological polar surface area (TPSA) is 18.5 Å². The Kier molecular flexibility index (Phi) is 3.41. The van der Waals surface area contributed by atoms with Crippen molar-refractivity contribution >= 4 is 17.3 Å². The maximum Gasteiger partial charge on any atom is 0.106 e. The molecule has 3 nitrogen and oxygen atoms in total. The van der Waals surface area contributed by atoms with Crippen molar-refractivity contribution in [2.24, 2.45) is 0 Å². The Bertz CT molecular complexity index is 328. The van der Waals surface area contributed by atoms with Crippen LogP contribution in [0, 0.1) is 0 Å². The molecule has 0 unspecified atom stereocenters. The van der Waals surface area contributed by atoms with Crippen molar-refractivity contribution in [2.45, 2.75) is 0 Å². The van der Waals surface area contributed by atoms with E-state index in [-0.39, 0.29) is 0 Å². The van der Waals surface area contributed by atoms with Gasteiger partial charge < -0.3 is 5.32 Å². The number of rotatable bonds is 2. The molecule has 1 saturated heterocycles. The summed E-state index contributed by atoms with van der Waals surface area (Å²) in [7, 11) is 0. The third kappa shape index (κ3) is 2.40. The van der Waals surface area contributed by atoms with Crippen LogP contribution in [0.5, 0.6) is 0 Å². The van der Waals surface area contributed by atoms with Crippen molar-refractivity contribution in [2.75, 3.05) is 31.4 Å². The molecule has 82 valence electrons. The molecule has 0 aromatic heterocycles. The van der Waals surface area contributed by atoms with Crippen LogP contribution in [0.3, 0.4) is 0 Å². The fourth-order valence-corrected chi connectivity index (χ4v) is 1.79. The highest BCUT2D eigenvalue weighted by Gasteiger charge is 2.19. The number of anilines is 1. The van der Waals surface area contributed by atoms with E-state index in [4.69, 9.17) is 11.6 Å². The van der Waals surface area contributed by atoms with Crippen molar-refractivity contribution in [3.8, 4) is 0 Å². The third-order valence-corrected chi connectivity index (χ3v) is 2.71. The molecule has 0 radical (unpaired) electrons. The van der Waals surface area contributed by atoms with Gasteiger partial charge in [0.25, 0.3) is 0 Å². The number of hydrogen-bond acceptors (Lipinski definition) is 3. The number of piperazine rings is 1. The molecule has 0 saturated carbocycles. The summed E-state index contributed by atoms with van der Waals surface area (Å²) in [4.78, 5) is 0. The fourth-order valence-electron chi connectivity index (χ4n) is 1.58. The zero-order valence-corrected chi connectivity index (χ0v) is 9.04. The van der Waals surface area contributed by atoms with Crippen molar-refractivity contribution in [3.05, 3.63) is 29.3 Å². The summed E-state index contributed by atoms with van der Waals surface area (Å²) >= 11 is 5.91. The number of para-hydroxylation sites is 1. The molecule has 1 aromatic rings. The molecular formula is C10H13ClFN3. The van der Waals surface area contributed by atoms with Crippen LogP contribution in [0.4, 0.5) is 10.2 Å². The summed E-state index contributed by atoms with van der Waals surface area (Å²) in [6.07, 6.45) is 0. The Morgan fingerprint density at radius 1 is 1.27 bits per heavy atom. The second-order valence-electron chi connectivity index (χ2n) is 3.42. The van der Waals surface area contributed by atoms with Crippen LogP contribution < -0.4 is 10.5 Å². The van der Waals surface area contributed by atoms with Gasteiger partial charge in [-0.05, 0) is 12.1 Å². The summed E-state index contributed by atoms with van der Waals surface area (Å²) in [5, 5.41) is 5.88. The first kappa shape index (κ1) is 10.7. The lowest BCUT2D eigenvalue weighted by atomic mass is 10.3. The van der Waals surface area contributed by atoms with Crippen LogP contribution in [0.1, 0.15) is 0 Å². The minimum atomic E-state index is 0.404. The van der Waals surface area contributed by atoms with Crippen molar-refractivity contribution in [3.63, 3.8) is 0 Å². The highest BCUT2D eigenvalue weighted by atomic mass is 35.5. The zero-order chi connectivity index (χ0) is 10.7. The molecule has 0 aliphatic carbocycles. The van der Waals surface area contributed by atoms with E-state index in [2.05, 4.69) is 5.32 Å². The van der Waals surface area contributed by atoms with Crippen molar-refractivity contribution in [1.29, 1.82) is 0 Å². The normalized spacial score (nSPS) is 17.7. The maximum absolute atomic E-state index is 13.9. The van der Waals surface area contributed by atoms with Crippen molar-refractivity contribution < 1.29 is 4.48 Å². The van der Waals surface area contributed by atoms with Gasteiger partial charge in [0.05, 0.1) is 5.02 Å². The number of hydrogen-bond donors (Lipinski definition) is 1. The van der Waals surface area contributed by atoms with Crippen molar-refractivity contribution in [1.82, 2.24) is 10.3 Å². The number of halogens is 2. The van der Waals surface area contributed by atoms with Gasteiger partial charge in [0, 0.05) is 26.2 Å². The van der Waals surface area contributed by atoms with E-state index in [1.807, 2.05) is 0 Å². The molecule has 2 rings (SSSR count). The maximum atomic E-state index is 13.9. The third-order valence-electron chi connectivity index (χ3n) is 2.39. The molecule has 1 aliphatic heterocycles. The number of benzene rings is 1. The summed E-state index contributed by atoms with van der Waals surface area (Å²) in [6, 6.07) is 6.92. The van der Waals surface area contributed by atoms with E-state index >= 15 is 0 Å². The van der Waals surface area contributed by atoms with Gasteiger partial charge in [-0.25, -0.2) is 0 Å². The van der Waals surface area contributed by atoms with E-state index in [0.717, 1.165) is 13.1 Å². The lowest BCUT2D eigenvalue weighted by molar-refractivity contribution is 0.128. The second kappa shape index (κ2) is 4.79. The number of nitrogens with one attached hydrogen (secondary N) is 1. The molecule has 1 fully saturated rings. The van der Waals surface area contributed by atoms with Gasteiger partial charge in [-0.2, -0.15) is 5.01 Å². The van der Waals surface area contributed by atoms with Crippen LogP contribution in [-0.2, 0) is 0 Å². The van der Waals surface area contributed by atoms with Gasteiger partial charge in [0.15, 0.2) is 0 Å².